The summed E-state index contributed by atoms with van der Waals surface area (Å²) in [6.07, 6.45) is 1.73. The van der Waals surface area contributed by atoms with Gasteiger partial charge in [-0.15, -0.1) is 11.3 Å². The number of methoxy groups -OCH3 is 2. The first-order valence-electron chi connectivity index (χ1n) is 7.31. The molecule has 0 aliphatic heterocycles. The molecule has 122 valence electrons. The fraction of sp³-hybridized carbons (Fsp3) is 0.111. The number of hydrogen-bond acceptors (Lipinski definition) is 6. The highest BCUT2D eigenvalue weighted by Gasteiger charge is 2.05. The molecule has 0 atom stereocenters. The zero-order chi connectivity index (χ0) is 16.8. The molecule has 0 spiro atoms. The van der Waals surface area contributed by atoms with E-state index in [1.54, 1.807) is 20.4 Å². The first-order valence-corrected chi connectivity index (χ1v) is 8.19. The first-order chi connectivity index (χ1) is 11.8. The van der Waals surface area contributed by atoms with Crippen molar-refractivity contribution < 1.29 is 9.47 Å². The summed E-state index contributed by atoms with van der Waals surface area (Å²) in [6.45, 7) is 0. The van der Waals surface area contributed by atoms with Gasteiger partial charge in [0, 0.05) is 10.9 Å². The number of rotatable bonds is 6. The molecule has 1 aromatic heterocycles. The Bertz CT molecular complexity index is 846. The van der Waals surface area contributed by atoms with E-state index in [-0.39, 0.29) is 0 Å². The van der Waals surface area contributed by atoms with Gasteiger partial charge in [-0.2, -0.15) is 5.10 Å². The normalized spacial score (nSPS) is 10.8. The predicted octanol–water partition coefficient (Wildman–Crippen LogP) is 4.27. The number of anilines is 1. The third-order valence-electron chi connectivity index (χ3n) is 3.34. The second-order valence-corrected chi connectivity index (χ2v) is 5.77. The Labute approximate surface area is 144 Å². The fourth-order valence-corrected chi connectivity index (χ4v) is 2.79. The molecule has 3 aromatic rings. The molecule has 0 aliphatic rings. The molecule has 0 fully saturated rings. The summed E-state index contributed by atoms with van der Waals surface area (Å²) in [5.41, 5.74) is 5.80. The smallest absolute Gasteiger partial charge is 0.203 e. The zero-order valence-corrected chi connectivity index (χ0v) is 14.2. The van der Waals surface area contributed by atoms with Crippen LogP contribution in [-0.2, 0) is 0 Å². The van der Waals surface area contributed by atoms with Crippen LogP contribution in [0.25, 0.3) is 11.3 Å². The maximum Gasteiger partial charge on any atom is 0.203 e. The lowest BCUT2D eigenvalue weighted by Crippen LogP contribution is -1.91. The third kappa shape index (κ3) is 3.91. The van der Waals surface area contributed by atoms with Crippen LogP contribution >= 0.6 is 11.3 Å². The van der Waals surface area contributed by atoms with E-state index in [9.17, 15) is 0 Å². The second kappa shape index (κ2) is 7.61. The lowest BCUT2D eigenvalue weighted by molar-refractivity contribution is 0.414. The molecule has 0 saturated heterocycles. The minimum atomic E-state index is 0.729. The van der Waals surface area contributed by atoms with Crippen molar-refractivity contribution in [2.24, 2.45) is 5.10 Å². The average molecular weight is 339 g/mol. The molecule has 5 nitrogen and oxygen atoms in total. The van der Waals surface area contributed by atoms with Crippen molar-refractivity contribution >= 4 is 22.7 Å². The Morgan fingerprint density at radius 1 is 1.04 bits per heavy atom. The van der Waals surface area contributed by atoms with Crippen molar-refractivity contribution in [2.75, 3.05) is 19.6 Å². The lowest BCUT2D eigenvalue weighted by atomic mass is 10.2. The molecule has 6 heteroatoms. The maximum absolute atomic E-state index is 5.24. The standard InChI is InChI=1S/C18H17N3O2S/c1-22-15-7-3-5-13(9-15)11-19-21-18-20-17(12-24-18)14-6-4-8-16(10-14)23-2/h3-12H,1-2H3,(H,20,21)/b19-11-. The molecule has 0 saturated carbocycles. The van der Waals surface area contributed by atoms with Gasteiger partial charge in [-0.05, 0) is 29.8 Å². The molecule has 24 heavy (non-hydrogen) atoms. The largest absolute Gasteiger partial charge is 0.497 e. The summed E-state index contributed by atoms with van der Waals surface area (Å²) < 4.78 is 10.4. The van der Waals surface area contributed by atoms with Crippen LogP contribution in [0.5, 0.6) is 11.5 Å². The molecule has 0 amide bonds. The second-order valence-electron chi connectivity index (χ2n) is 4.92. The third-order valence-corrected chi connectivity index (χ3v) is 4.08. The molecule has 1 heterocycles. The van der Waals surface area contributed by atoms with Crippen molar-refractivity contribution in [1.29, 1.82) is 0 Å². The van der Waals surface area contributed by atoms with E-state index in [2.05, 4.69) is 15.5 Å². The highest BCUT2D eigenvalue weighted by atomic mass is 32.1. The maximum atomic E-state index is 5.24. The van der Waals surface area contributed by atoms with E-state index >= 15 is 0 Å². The minimum Gasteiger partial charge on any atom is -0.497 e. The molecular weight excluding hydrogens is 322 g/mol. The van der Waals surface area contributed by atoms with Crippen LogP contribution in [0.3, 0.4) is 0 Å². The van der Waals surface area contributed by atoms with Gasteiger partial charge >= 0.3 is 0 Å². The number of aromatic nitrogens is 1. The summed E-state index contributed by atoms with van der Waals surface area (Å²) in [5.74, 6) is 1.61. The SMILES string of the molecule is COc1cccc(/C=N\Nc2nc(-c3cccc(OC)c3)cs2)c1. The lowest BCUT2D eigenvalue weighted by Gasteiger charge is -2.01. The Hall–Kier alpha value is -2.86. The molecule has 0 unspecified atom stereocenters. The Morgan fingerprint density at radius 3 is 2.58 bits per heavy atom. The van der Waals surface area contributed by atoms with Gasteiger partial charge < -0.3 is 9.47 Å². The van der Waals surface area contributed by atoms with Crippen LogP contribution < -0.4 is 14.9 Å². The van der Waals surface area contributed by atoms with Crippen molar-refractivity contribution in [2.45, 2.75) is 0 Å². The first kappa shape index (κ1) is 16.0. The van der Waals surface area contributed by atoms with Crippen molar-refractivity contribution in [3.8, 4) is 22.8 Å². The molecule has 2 aromatic carbocycles. The Balaban J connectivity index is 1.68. The highest BCUT2D eigenvalue weighted by molar-refractivity contribution is 7.14. The quantitative estimate of drug-likeness (QED) is 0.538. The number of nitrogens with one attached hydrogen (secondary N) is 1. The summed E-state index contributed by atoms with van der Waals surface area (Å²) >= 11 is 1.50. The van der Waals surface area contributed by atoms with Gasteiger partial charge in [-0.25, -0.2) is 4.98 Å². The number of benzene rings is 2. The molecule has 0 aliphatic carbocycles. The summed E-state index contributed by atoms with van der Waals surface area (Å²) in [5, 5.41) is 6.93. The van der Waals surface area contributed by atoms with E-state index in [0.717, 1.165) is 33.5 Å². The predicted molar refractivity (Wildman–Crippen MR) is 98.3 cm³/mol. The molecule has 1 N–H and O–H groups in total. The van der Waals surface area contributed by atoms with Gasteiger partial charge in [-0.3, -0.25) is 5.43 Å². The van der Waals surface area contributed by atoms with Gasteiger partial charge in [-0.1, -0.05) is 24.3 Å². The van der Waals surface area contributed by atoms with Gasteiger partial charge in [0.1, 0.15) is 11.5 Å². The van der Waals surface area contributed by atoms with Crippen molar-refractivity contribution in [3.05, 3.63) is 59.5 Å². The van der Waals surface area contributed by atoms with E-state index in [0.29, 0.717) is 0 Å². The number of hydrogen-bond donors (Lipinski definition) is 1. The van der Waals surface area contributed by atoms with Crippen LogP contribution in [0.4, 0.5) is 5.13 Å². The van der Waals surface area contributed by atoms with Crippen LogP contribution in [0, 0.1) is 0 Å². The van der Waals surface area contributed by atoms with Gasteiger partial charge in [0.15, 0.2) is 0 Å². The number of nitrogens with zero attached hydrogens (tertiary/aromatic N) is 2. The fourth-order valence-electron chi connectivity index (χ4n) is 2.12. The minimum absolute atomic E-state index is 0.729. The zero-order valence-electron chi connectivity index (χ0n) is 13.4. The summed E-state index contributed by atoms with van der Waals surface area (Å²) in [6, 6.07) is 15.5. The van der Waals surface area contributed by atoms with E-state index < -0.39 is 0 Å². The van der Waals surface area contributed by atoms with Crippen LogP contribution in [-0.4, -0.2) is 25.4 Å². The number of hydrazone groups is 1. The molecular formula is C18H17N3O2S. The highest BCUT2D eigenvalue weighted by Crippen LogP contribution is 2.27. The molecule has 0 radical (unpaired) electrons. The van der Waals surface area contributed by atoms with Crippen LogP contribution in [0.15, 0.2) is 59.0 Å². The van der Waals surface area contributed by atoms with Crippen molar-refractivity contribution in [1.82, 2.24) is 4.98 Å². The van der Waals surface area contributed by atoms with E-state index in [1.807, 2.05) is 53.9 Å². The number of ether oxygens (including phenoxy) is 2. The van der Waals surface area contributed by atoms with Gasteiger partial charge in [0.05, 0.1) is 26.1 Å². The van der Waals surface area contributed by atoms with Crippen molar-refractivity contribution in [3.63, 3.8) is 0 Å². The number of thiazole rings is 1. The monoisotopic (exact) mass is 339 g/mol. The Morgan fingerprint density at radius 2 is 1.79 bits per heavy atom. The van der Waals surface area contributed by atoms with Gasteiger partial charge in [0.2, 0.25) is 5.13 Å². The van der Waals surface area contributed by atoms with Gasteiger partial charge in [0.25, 0.3) is 0 Å². The van der Waals surface area contributed by atoms with Crippen LogP contribution in [0.2, 0.25) is 0 Å². The Kier molecular flexibility index (Phi) is 5.08. The average Bonchev–Trinajstić information content (AvgIpc) is 3.11. The summed E-state index contributed by atoms with van der Waals surface area (Å²) in [7, 11) is 3.30. The summed E-state index contributed by atoms with van der Waals surface area (Å²) in [4.78, 5) is 4.53. The molecule has 3 rings (SSSR count). The van der Waals surface area contributed by atoms with E-state index in [1.165, 1.54) is 11.3 Å². The van der Waals surface area contributed by atoms with Crippen LogP contribution in [0.1, 0.15) is 5.56 Å². The molecule has 0 bridgehead atoms. The van der Waals surface area contributed by atoms with E-state index in [4.69, 9.17) is 9.47 Å². The topological polar surface area (TPSA) is 55.7 Å².